The summed E-state index contributed by atoms with van der Waals surface area (Å²) >= 11 is 0. The van der Waals surface area contributed by atoms with Crippen LogP contribution >= 0.6 is 0 Å². The second kappa shape index (κ2) is 7.84. The summed E-state index contributed by atoms with van der Waals surface area (Å²) in [6.07, 6.45) is 2.13. The van der Waals surface area contributed by atoms with Gasteiger partial charge in [0.05, 0.1) is 17.1 Å². The van der Waals surface area contributed by atoms with E-state index in [1.807, 2.05) is 6.07 Å². The van der Waals surface area contributed by atoms with E-state index >= 15 is 4.39 Å². The number of anilines is 2. The Labute approximate surface area is 175 Å². The van der Waals surface area contributed by atoms with Gasteiger partial charge in [0.1, 0.15) is 35.4 Å². The highest BCUT2D eigenvalue weighted by molar-refractivity contribution is 5.72. The number of fused-ring (bicyclic) bond motifs is 1. The molecule has 0 saturated heterocycles. The van der Waals surface area contributed by atoms with E-state index in [4.69, 9.17) is 5.73 Å². The maximum Gasteiger partial charge on any atom is 0.263 e. The van der Waals surface area contributed by atoms with Crippen LogP contribution < -0.4 is 16.6 Å². The number of aromatic nitrogens is 3. The molecule has 0 amide bonds. The number of hydrogen-bond acceptors (Lipinski definition) is 6. The molecule has 0 fully saturated rings. The second-order valence-electron chi connectivity index (χ2n) is 6.84. The summed E-state index contributed by atoms with van der Waals surface area (Å²) in [7, 11) is 0. The predicted molar refractivity (Wildman–Crippen MR) is 112 cm³/mol. The lowest BCUT2D eigenvalue weighted by Gasteiger charge is -2.21. The number of benzene rings is 1. The normalized spacial score (nSPS) is 11.8. The van der Waals surface area contributed by atoms with Crippen molar-refractivity contribution in [3.63, 3.8) is 0 Å². The quantitative estimate of drug-likeness (QED) is 0.524. The van der Waals surface area contributed by atoms with Crippen molar-refractivity contribution in [2.45, 2.75) is 13.0 Å². The van der Waals surface area contributed by atoms with Crippen LogP contribution in [0.5, 0.6) is 0 Å². The van der Waals surface area contributed by atoms with E-state index in [0.717, 1.165) is 16.7 Å². The van der Waals surface area contributed by atoms with E-state index in [9.17, 15) is 14.4 Å². The molecule has 0 bridgehead atoms. The van der Waals surface area contributed by atoms with Gasteiger partial charge in [-0.25, -0.2) is 18.7 Å². The smallest absolute Gasteiger partial charge is 0.263 e. The summed E-state index contributed by atoms with van der Waals surface area (Å²) in [6.45, 7) is 1.63. The Morgan fingerprint density at radius 3 is 2.61 bits per heavy atom. The number of nitriles is 1. The third-order valence-corrected chi connectivity index (χ3v) is 4.91. The van der Waals surface area contributed by atoms with Crippen molar-refractivity contribution in [1.29, 1.82) is 5.26 Å². The minimum absolute atomic E-state index is 0.00982. The average Bonchev–Trinajstić information content (AvgIpc) is 2.76. The van der Waals surface area contributed by atoms with E-state index in [1.54, 1.807) is 37.3 Å². The van der Waals surface area contributed by atoms with E-state index in [1.165, 1.54) is 12.4 Å². The Bertz CT molecular complexity index is 1400. The first-order valence-electron chi connectivity index (χ1n) is 9.28. The van der Waals surface area contributed by atoms with Crippen LogP contribution in [0.25, 0.3) is 16.6 Å². The second-order valence-corrected chi connectivity index (χ2v) is 6.84. The molecule has 1 unspecified atom stereocenters. The molecule has 9 heteroatoms. The predicted octanol–water partition coefficient (Wildman–Crippen LogP) is 3.66. The van der Waals surface area contributed by atoms with E-state index in [-0.39, 0.29) is 33.8 Å². The van der Waals surface area contributed by atoms with Gasteiger partial charge in [-0.1, -0.05) is 30.3 Å². The third-order valence-electron chi connectivity index (χ3n) is 4.91. The fraction of sp³-hybridized carbons (Fsp3) is 0.0909. The summed E-state index contributed by atoms with van der Waals surface area (Å²) in [5.41, 5.74) is 5.69. The van der Waals surface area contributed by atoms with Gasteiger partial charge in [0.15, 0.2) is 5.82 Å². The maximum atomic E-state index is 15.7. The van der Waals surface area contributed by atoms with Gasteiger partial charge in [-0.3, -0.25) is 9.20 Å². The SMILES string of the molecule is CC(Nc1ncnc(N)c1C#N)c1c(-c2ccccc2)c(=O)n2cc(F)ccc2c1F. The molecule has 1 atom stereocenters. The first-order chi connectivity index (χ1) is 14.9. The lowest BCUT2D eigenvalue weighted by atomic mass is 9.95. The van der Waals surface area contributed by atoms with Gasteiger partial charge in [-0.15, -0.1) is 0 Å². The van der Waals surface area contributed by atoms with Crippen LogP contribution in [0.3, 0.4) is 0 Å². The zero-order chi connectivity index (χ0) is 22.1. The number of nitrogens with zero attached hydrogens (tertiary/aromatic N) is 4. The highest BCUT2D eigenvalue weighted by Crippen LogP contribution is 2.32. The Hall–Kier alpha value is -4.32. The molecule has 4 rings (SSSR count). The molecule has 4 aromatic rings. The zero-order valence-corrected chi connectivity index (χ0v) is 16.3. The number of nitrogens with two attached hydrogens (primary N) is 1. The van der Waals surface area contributed by atoms with Crippen molar-refractivity contribution in [3.8, 4) is 17.2 Å². The third kappa shape index (κ3) is 3.44. The van der Waals surface area contributed by atoms with E-state index in [2.05, 4.69) is 15.3 Å². The minimum atomic E-state index is -0.792. The van der Waals surface area contributed by atoms with Gasteiger partial charge < -0.3 is 11.1 Å². The van der Waals surface area contributed by atoms with Crippen LogP contribution in [0, 0.1) is 23.0 Å². The summed E-state index contributed by atoms with van der Waals surface area (Å²) in [5.74, 6) is -1.27. The number of halogens is 2. The summed E-state index contributed by atoms with van der Waals surface area (Å²) in [5, 5.41) is 12.3. The van der Waals surface area contributed by atoms with Gasteiger partial charge in [-0.05, 0) is 24.6 Å². The molecule has 3 N–H and O–H groups in total. The molecule has 0 aliphatic heterocycles. The van der Waals surface area contributed by atoms with Crippen LogP contribution in [0.4, 0.5) is 20.4 Å². The van der Waals surface area contributed by atoms with Gasteiger partial charge in [0.2, 0.25) is 0 Å². The molecular formula is C22H16F2N6O. The molecule has 7 nitrogen and oxygen atoms in total. The molecule has 3 aromatic heterocycles. The molecule has 154 valence electrons. The minimum Gasteiger partial charge on any atom is -0.382 e. The summed E-state index contributed by atoms with van der Waals surface area (Å²) < 4.78 is 30.4. The molecular weight excluding hydrogens is 402 g/mol. The average molecular weight is 418 g/mol. The number of nitrogens with one attached hydrogen (secondary N) is 1. The lowest BCUT2D eigenvalue weighted by molar-refractivity contribution is 0.594. The largest absolute Gasteiger partial charge is 0.382 e. The van der Waals surface area contributed by atoms with Crippen molar-refractivity contribution in [1.82, 2.24) is 14.4 Å². The van der Waals surface area contributed by atoms with Crippen LogP contribution in [0.2, 0.25) is 0 Å². The Kier molecular flexibility index (Phi) is 5.05. The fourth-order valence-electron chi connectivity index (χ4n) is 3.49. The van der Waals surface area contributed by atoms with Gasteiger partial charge in [0, 0.05) is 11.8 Å². The molecule has 0 spiro atoms. The molecule has 31 heavy (non-hydrogen) atoms. The monoisotopic (exact) mass is 418 g/mol. The van der Waals surface area contributed by atoms with E-state index < -0.39 is 23.2 Å². The Morgan fingerprint density at radius 2 is 1.90 bits per heavy atom. The first-order valence-corrected chi connectivity index (χ1v) is 9.28. The summed E-state index contributed by atoms with van der Waals surface area (Å²) in [6, 6.07) is 12.0. The number of pyridine rings is 2. The highest BCUT2D eigenvalue weighted by atomic mass is 19.1. The topological polar surface area (TPSA) is 109 Å². The standard InChI is InChI=1S/C22H16F2N6O/c1-12(29-21-15(9-25)20(26)27-11-28-21)17-18(13-5-3-2-4-6-13)22(31)30-10-14(23)7-8-16(30)19(17)24/h2-8,10-12H,1H3,(H3,26,27,28,29). The number of rotatable bonds is 4. The van der Waals surface area contributed by atoms with Crippen molar-refractivity contribution in [2.75, 3.05) is 11.1 Å². The van der Waals surface area contributed by atoms with E-state index in [0.29, 0.717) is 5.56 Å². The van der Waals surface area contributed by atoms with Gasteiger partial charge >= 0.3 is 0 Å². The van der Waals surface area contributed by atoms with Crippen LogP contribution in [0.15, 0.2) is 59.8 Å². The number of nitrogen functional groups attached to an aromatic ring is 1. The molecule has 0 saturated carbocycles. The fourth-order valence-corrected chi connectivity index (χ4v) is 3.49. The van der Waals surface area contributed by atoms with Gasteiger partial charge in [-0.2, -0.15) is 5.26 Å². The first kappa shape index (κ1) is 20.0. The van der Waals surface area contributed by atoms with Crippen LogP contribution in [0.1, 0.15) is 24.1 Å². The van der Waals surface area contributed by atoms with Gasteiger partial charge in [0.25, 0.3) is 5.56 Å². The lowest BCUT2D eigenvalue weighted by Crippen LogP contribution is -2.24. The summed E-state index contributed by atoms with van der Waals surface area (Å²) in [4.78, 5) is 21.1. The van der Waals surface area contributed by atoms with Crippen molar-refractivity contribution in [2.24, 2.45) is 0 Å². The Morgan fingerprint density at radius 1 is 1.16 bits per heavy atom. The molecule has 3 heterocycles. The maximum absolute atomic E-state index is 15.7. The molecule has 0 aliphatic carbocycles. The van der Waals surface area contributed by atoms with Crippen LogP contribution in [-0.4, -0.2) is 14.4 Å². The molecule has 0 radical (unpaired) electrons. The Balaban J connectivity index is 1.98. The van der Waals surface area contributed by atoms with Crippen molar-refractivity contribution in [3.05, 3.63) is 88.1 Å². The van der Waals surface area contributed by atoms with Crippen LogP contribution in [-0.2, 0) is 0 Å². The van der Waals surface area contributed by atoms with Crippen molar-refractivity contribution < 1.29 is 8.78 Å². The molecule has 1 aromatic carbocycles. The number of hydrogen-bond donors (Lipinski definition) is 2. The molecule has 0 aliphatic rings. The highest BCUT2D eigenvalue weighted by Gasteiger charge is 2.25. The van der Waals surface area contributed by atoms with Crippen molar-refractivity contribution >= 4 is 17.2 Å². The zero-order valence-electron chi connectivity index (χ0n) is 16.3.